The van der Waals surface area contributed by atoms with Gasteiger partial charge in [-0.15, -0.1) is 0 Å². The molecule has 120 valence electrons. The molecule has 0 radical (unpaired) electrons. The van der Waals surface area contributed by atoms with Crippen LogP contribution in [0.2, 0.25) is 0 Å². The molecule has 0 saturated carbocycles. The molecule has 2 heterocycles. The van der Waals surface area contributed by atoms with E-state index in [1.165, 1.54) is 0 Å². The molecule has 0 atom stereocenters. The number of para-hydroxylation sites is 1. The summed E-state index contributed by atoms with van der Waals surface area (Å²) < 4.78 is 18.1. The molecule has 4 rings (SSSR count). The summed E-state index contributed by atoms with van der Waals surface area (Å²) in [4.78, 5) is 2.19. The average Bonchev–Trinajstić information content (AvgIpc) is 2.86. The molecular weight excluding hydrogens is 290 g/mol. The van der Waals surface area contributed by atoms with Crippen molar-refractivity contribution in [1.82, 2.24) is 0 Å². The predicted octanol–water partition coefficient (Wildman–Crippen LogP) is 3.80. The number of methoxy groups -OCH3 is 1. The van der Waals surface area contributed by atoms with E-state index in [-0.39, 0.29) is 0 Å². The minimum Gasteiger partial charge on any atom is -0.497 e. The van der Waals surface area contributed by atoms with E-state index in [0.717, 1.165) is 41.1 Å². The van der Waals surface area contributed by atoms with Gasteiger partial charge in [-0.05, 0) is 37.1 Å². The molecule has 4 nitrogen and oxygen atoms in total. The number of hydrogen-bond donors (Lipinski definition) is 0. The van der Waals surface area contributed by atoms with E-state index in [4.69, 9.17) is 14.2 Å². The van der Waals surface area contributed by atoms with Crippen LogP contribution in [0, 0.1) is 0 Å². The Morgan fingerprint density at radius 1 is 0.957 bits per heavy atom. The first-order chi connectivity index (χ1) is 11.3. The van der Waals surface area contributed by atoms with Crippen LogP contribution in [0.3, 0.4) is 0 Å². The van der Waals surface area contributed by atoms with Gasteiger partial charge in [-0.25, -0.2) is 0 Å². The molecule has 0 aromatic heterocycles. The third kappa shape index (κ3) is 2.13. The summed E-state index contributed by atoms with van der Waals surface area (Å²) >= 11 is 0. The standard InChI is InChI=1S/C19H21NO3/c1-20-17-8-4-3-7-15(17)19(22-11-5-6-12-23-19)16-13-14(21-2)9-10-18(16)20/h3-4,7-10,13H,5-6,11-12H2,1-2H3. The number of fused-ring (bicyclic) bond motifs is 4. The Kier molecular flexibility index (Phi) is 3.51. The third-order valence-corrected chi connectivity index (χ3v) is 4.69. The first-order valence-electron chi connectivity index (χ1n) is 8.06. The van der Waals surface area contributed by atoms with Crippen LogP contribution in [0.4, 0.5) is 11.4 Å². The van der Waals surface area contributed by atoms with Crippen molar-refractivity contribution in [3.05, 3.63) is 53.6 Å². The van der Waals surface area contributed by atoms with E-state index in [2.05, 4.69) is 30.1 Å². The van der Waals surface area contributed by atoms with Crippen molar-refractivity contribution >= 4 is 11.4 Å². The van der Waals surface area contributed by atoms with Gasteiger partial charge in [0.1, 0.15) is 5.75 Å². The molecule has 2 aliphatic heterocycles. The third-order valence-electron chi connectivity index (χ3n) is 4.69. The van der Waals surface area contributed by atoms with Gasteiger partial charge < -0.3 is 19.1 Å². The number of benzene rings is 2. The zero-order valence-electron chi connectivity index (χ0n) is 13.5. The van der Waals surface area contributed by atoms with E-state index in [0.29, 0.717) is 13.2 Å². The van der Waals surface area contributed by atoms with Crippen LogP contribution < -0.4 is 9.64 Å². The topological polar surface area (TPSA) is 30.9 Å². The van der Waals surface area contributed by atoms with E-state index in [1.807, 2.05) is 24.3 Å². The normalized spacial score (nSPS) is 19.0. The highest BCUT2D eigenvalue weighted by Gasteiger charge is 2.45. The molecular formula is C19H21NO3. The molecule has 1 saturated heterocycles. The van der Waals surface area contributed by atoms with E-state index in [9.17, 15) is 0 Å². The van der Waals surface area contributed by atoms with Crippen molar-refractivity contribution < 1.29 is 14.2 Å². The van der Waals surface area contributed by atoms with Gasteiger partial charge in [-0.3, -0.25) is 0 Å². The SMILES string of the molecule is COc1ccc2c(c1)C1(OCCCCO1)c1ccccc1N2C. The lowest BCUT2D eigenvalue weighted by molar-refractivity contribution is -0.204. The number of ether oxygens (including phenoxy) is 3. The minimum absolute atomic E-state index is 0.689. The minimum atomic E-state index is -0.844. The highest BCUT2D eigenvalue weighted by Crippen LogP contribution is 2.51. The van der Waals surface area contributed by atoms with E-state index < -0.39 is 5.79 Å². The molecule has 2 aromatic carbocycles. The molecule has 0 N–H and O–H groups in total. The van der Waals surface area contributed by atoms with Crippen LogP contribution in [0.1, 0.15) is 24.0 Å². The Bertz CT molecular complexity index is 720. The first-order valence-corrected chi connectivity index (χ1v) is 8.06. The maximum absolute atomic E-state index is 6.33. The lowest BCUT2D eigenvalue weighted by atomic mass is 9.89. The van der Waals surface area contributed by atoms with Gasteiger partial charge in [0.05, 0.1) is 26.0 Å². The second kappa shape index (κ2) is 5.55. The monoisotopic (exact) mass is 311 g/mol. The summed E-state index contributed by atoms with van der Waals surface area (Å²) in [5.41, 5.74) is 4.28. The van der Waals surface area contributed by atoms with Crippen LogP contribution in [0.5, 0.6) is 5.75 Å². The molecule has 0 unspecified atom stereocenters. The van der Waals surface area contributed by atoms with Crippen molar-refractivity contribution in [2.24, 2.45) is 0 Å². The number of nitrogens with zero attached hydrogens (tertiary/aromatic N) is 1. The average molecular weight is 311 g/mol. The summed E-state index contributed by atoms with van der Waals surface area (Å²) in [5, 5.41) is 0. The molecule has 2 aliphatic rings. The van der Waals surface area contributed by atoms with E-state index >= 15 is 0 Å². The molecule has 2 aromatic rings. The highest BCUT2D eigenvalue weighted by atomic mass is 16.7. The van der Waals surface area contributed by atoms with Gasteiger partial charge in [0, 0.05) is 23.9 Å². The Labute approximate surface area is 136 Å². The van der Waals surface area contributed by atoms with Crippen LogP contribution >= 0.6 is 0 Å². The van der Waals surface area contributed by atoms with Crippen molar-refractivity contribution in [2.45, 2.75) is 18.6 Å². The van der Waals surface area contributed by atoms with Crippen molar-refractivity contribution in [1.29, 1.82) is 0 Å². The fourth-order valence-electron chi connectivity index (χ4n) is 3.51. The van der Waals surface area contributed by atoms with Gasteiger partial charge >= 0.3 is 0 Å². The molecule has 1 fully saturated rings. The van der Waals surface area contributed by atoms with Crippen LogP contribution in [0.25, 0.3) is 0 Å². The van der Waals surface area contributed by atoms with Gasteiger partial charge in [0.25, 0.3) is 0 Å². The summed E-state index contributed by atoms with van der Waals surface area (Å²) in [6.07, 6.45) is 2.03. The molecule has 1 spiro atoms. The van der Waals surface area contributed by atoms with Crippen molar-refractivity contribution in [3.8, 4) is 5.75 Å². The van der Waals surface area contributed by atoms with Crippen molar-refractivity contribution in [3.63, 3.8) is 0 Å². The van der Waals surface area contributed by atoms with E-state index in [1.54, 1.807) is 7.11 Å². The fraction of sp³-hybridized carbons (Fsp3) is 0.368. The van der Waals surface area contributed by atoms with Crippen LogP contribution in [-0.2, 0) is 15.3 Å². The quantitative estimate of drug-likeness (QED) is 0.801. The maximum Gasteiger partial charge on any atom is 0.226 e. The maximum atomic E-state index is 6.33. The van der Waals surface area contributed by atoms with Crippen LogP contribution in [0.15, 0.2) is 42.5 Å². The highest BCUT2D eigenvalue weighted by molar-refractivity contribution is 5.76. The summed E-state index contributed by atoms with van der Waals surface area (Å²) in [7, 11) is 3.76. The second-order valence-corrected chi connectivity index (χ2v) is 5.98. The predicted molar refractivity (Wildman–Crippen MR) is 89.4 cm³/mol. The Morgan fingerprint density at radius 3 is 2.39 bits per heavy atom. The fourth-order valence-corrected chi connectivity index (χ4v) is 3.51. The zero-order chi connectivity index (χ0) is 15.9. The summed E-state index contributed by atoms with van der Waals surface area (Å²) in [5.74, 6) is -0.0314. The molecule has 0 aliphatic carbocycles. The lowest BCUT2D eigenvalue weighted by Crippen LogP contribution is -2.40. The number of rotatable bonds is 1. The molecule has 0 bridgehead atoms. The summed E-state index contributed by atoms with van der Waals surface area (Å²) in [6, 6.07) is 14.4. The Balaban J connectivity index is 1.99. The van der Waals surface area contributed by atoms with Gasteiger partial charge in [0.15, 0.2) is 0 Å². The lowest BCUT2D eigenvalue weighted by Gasteiger charge is -2.42. The smallest absolute Gasteiger partial charge is 0.226 e. The van der Waals surface area contributed by atoms with Gasteiger partial charge in [-0.1, -0.05) is 18.2 Å². The van der Waals surface area contributed by atoms with Gasteiger partial charge in [0.2, 0.25) is 5.79 Å². The van der Waals surface area contributed by atoms with Crippen LogP contribution in [-0.4, -0.2) is 27.4 Å². The molecule has 0 amide bonds. The summed E-state index contributed by atoms with van der Waals surface area (Å²) in [6.45, 7) is 1.38. The first kappa shape index (κ1) is 14.5. The number of hydrogen-bond acceptors (Lipinski definition) is 4. The number of anilines is 2. The van der Waals surface area contributed by atoms with Gasteiger partial charge in [-0.2, -0.15) is 0 Å². The second-order valence-electron chi connectivity index (χ2n) is 5.98. The Morgan fingerprint density at radius 2 is 1.65 bits per heavy atom. The largest absolute Gasteiger partial charge is 0.497 e. The van der Waals surface area contributed by atoms with Crippen molar-refractivity contribution in [2.75, 3.05) is 32.3 Å². The molecule has 4 heteroatoms. The zero-order valence-corrected chi connectivity index (χ0v) is 13.5. The molecule has 23 heavy (non-hydrogen) atoms. The Hall–Kier alpha value is -2.04.